The Morgan fingerprint density at radius 3 is 2.62 bits per heavy atom. The van der Waals surface area contributed by atoms with E-state index in [0.29, 0.717) is 4.90 Å². The summed E-state index contributed by atoms with van der Waals surface area (Å²) in [6.07, 6.45) is -2.68. The molecule has 1 heterocycles. The third-order valence-corrected chi connectivity index (χ3v) is 5.34. The number of likely N-dealkylation sites (tertiary alicyclic amines) is 1. The van der Waals surface area contributed by atoms with Crippen LogP contribution in [0.15, 0.2) is 23.1 Å². The molecule has 2 rings (SSSR count). The second-order valence-corrected chi connectivity index (χ2v) is 7.16. The first-order chi connectivity index (χ1) is 11.3. The maximum atomic E-state index is 12.8. The molecule has 1 N–H and O–H groups in total. The maximum absolute atomic E-state index is 12.8. The van der Waals surface area contributed by atoms with Gasteiger partial charge in [0.15, 0.2) is 0 Å². The molecular formula is C16H20ClF3N2OS. The summed E-state index contributed by atoms with van der Waals surface area (Å²) in [5.41, 5.74) is -0.874. The smallest absolute Gasteiger partial charge is 0.353 e. The summed E-state index contributed by atoms with van der Waals surface area (Å²) in [5.74, 6) is -0.0640. The van der Waals surface area contributed by atoms with Crippen molar-refractivity contribution in [3.05, 3.63) is 28.8 Å². The molecule has 1 fully saturated rings. The highest BCUT2D eigenvalue weighted by molar-refractivity contribution is 8.00. The van der Waals surface area contributed by atoms with E-state index in [0.717, 1.165) is 50.3 Å². The first-order valence-corrected chi connectivity index (χ1v) is 9.17. The van der Waals surface area contributed by atoms with Crippen molar-refractivity contribution in [2.24, 2.45) is 0 Å². The second-order valence-electron chi connectivity index (χ2n) is 5.70. The van der Waals surface area contributed by atoms with Crippen molar-refractivity contribution in [3.8, 4) is 0 Å². The summed E-state index contributed by atoms with van der Waals surface area (Å²) in [5, 5.41) is 2.62. The van der Waals surface area contributed by atoms with Crippen molar-refractivity contribution >= 4 is 29.3 Å². The second kappa shape index (κ2) is 8.45. The number of halogens is 4. The van der Waals surface area contributed by atoms with Gasteiger partial charge in [0.2, 0.25) is 5.91 Å². The zero-order valence-corrected chi connectivity index (χ0v) is 14.9. The molecule has 8 heteroatoms. The van der Waals surface area contributed by atoms with Gasteiger partial charge in [-0.2, -0.15) is 13.2 Å². The molecule has 3 nitrogen and oxygen atoms in total. The predicted octanol–water partition coefficient (Wildman–Crippen LogP) is 4.05. The van der Waals surface area contributed by atoms with Crippen molar-refractivity contribution in [2.45, 2.75) is 36.9 Å². The summed E-state index contributed by atoms with van der Waals surface area (Å²) < 4.78 is 38.5. The Hall–Kier alpha value is -0.920. The Kier molecular flexibility index (Phi) is 6.83. The molecule has 24 heavy (non-hydrogen) atoms. The van der Waals surface area contributed by atoms with E-state index in [1.54, 1.807) is 0 Å². The van der Waals surface area contributed by atoms with E-state index in [-0.39, 0.29) is 22.7 Å². The number of carbonyl (C=O) groups excluding carboxylic acids is 1. The highest BCUT2D eigenvalue weighted by atomic mass is 35.5. The molecule has 0 aromatic heterocycles. The molecule has 0 saturated carbocycles. The number of nitrogens with zero attached hydrogens (tertiary/aromatic N) is 1. The molecular weight excluding hydrogens is 361 g/mol. The first kappa shape index (κ1) is 19.4. The van der Waals surface area contributed by atoms with Crippen LogP contribution in [-0.2, 0) is 11.0 Å². The van der Waals surface area contributed by atoms with Crippen LogP contribution in [0, 0.1) is 0 Å². The molecule has 0 bridgehead atoms. The van der Waals surface area contributed by atoms with Gasteiger partial charge in [0.05, 0.1) is 16.3 Å². The molecule has 1 saturated heterocycles. The van der Waals surface area contributed by atoms with E-state index >= 15 is 0 Å². The fraction of sp³-hybridized carbons (Fsp3) is 0.562. The average Bonchev–Trinajstić information content (AvgIpc) is 2.53. The number of rotatable bonds is 5. The van der Waals surface area contributed by atoms with E-state index in [9.17, 15) is 18.0 Å². The lowest BCUT2D eigenvalue weighted by Gasteiger charge is -2.31. The fourth-order valence-electron chi connectivity index (χ4n) is 2.62. The topological polar surface area (TPSA) is 32.3 Å². The van der Waals surface area contributed by atoms with E-state index in [1.807, 2.05) is 0 Å². The number of carbonyl (C=O) groups is 1. The first-order valence-electron chi connectivity index (χ1n) is 7.81. The van der Waals surface area contributed by atoms with Crippen LogP contribution in [0.25, 0.3) is 0 Å². The Balaban J connectivity index is 1.84. The minimum atomic E-state index is -4.50. The monoisotopic (exact) mass is 380 g/mol. The van der Waals surface area contributed by atoms with Gasteiger partial charge in [0.25, 0.3) is 0 Å². The minimum Gasteiger partial charge on any atom is -0.353 e. The number of thioether (sulfide) groups is 1. The third-order valence-electron chi connectivity index (χ3n) is 4.01. The highest BCUT2D eigenvalue weighted by Crippen LogP contribution is 2.36. The normalized spacial score (nSPS) is 17.0. The SMILES string of the molecule is CCN1CCC(NC(=O)CSc2ccc(Cl)c(C(F)(F)F)c2)CC1. The van der Waals surface area contributed by atoms with Crippen LogP contribution in [0.1, 0.15) is 25.3 Å². The molecule has 0 spiro atoms. The highest BCUT2D eigenvalue weighted by Gasteiger charge is 2.33. The molecule has 1 aliphatic rings. The van der Waals surface area contributed by atoms with Crippen LogP contribution in [0.2, 0.25) is 5.02 Å². The number of hydrogen-bond acceptors (Lipinski definition) is 3. The summed E-state index contributed by atoms with van der Waals surface area (Å²) in [7, 11) is 0. The van der Waals surface area contributed by atoms with Crippen LogP contribution in [-0.4, -0.2) is 42.2 Å². The molecule has 1 aromatic carbocycles. The van der Waals surface area contributed by atoms with Gasteiger partial charge in [0.1, 0.15) is 0 Å². The van der Waals surface area contributed by atoms with E-state index in [1.165, 1.54) is 12.1 Å². The van der Waals surface area contributed by atoms with E-state index < -0.39 is 11.7 Å². The standard InChI is InChI=1S/C16H20ClF3N2OS/c1-2-22-7-5-11(6-8-22)21-15(23)10-24-12-3-4-14(17)13(9-12)16(18,19)20/h3-4,9,11H,2,5-8,10H2,1H3,(H,21,23). The molecule has 0 aliphatic carbocycles. The number of alkyl halides is 3. The zero-order valence-electron chi connectivity index (χ0n) is 13.3. The average molecular weight is 381 g/mol. The summed E-state index contributed by atoms with van der Waals surface area (Å²) in [4.78, 5) is 14.7. The van der Waals surface area contributed by atoms with Crippen LogP contribution < -0.4 is 5.32 Å². The van der Waals surface area contributed by atoms with Gasteiger partial charge >= 0.3 is 6.18 Å². The van der Waals surface area contributed by atoms with E-state index in [2.05, 4.69) is 17.1 Å². The van der Waals surface area contributed by atoms with Crippen molar-refractivity contribution < 1.29 is 18.0 Å². The van der Waals surface area contributed by atoms with Gasteiger partial charge in [-0.25, -0.2) is 0 Å². The summed E-state index contributed by atoms with van der Waals surface area (Å²) >= 11 is 6.66. The third kappa shape index (κ3) is 5.57. The largest absolute Gasteiger partial charge is 0.417 e. The van der Waals surface area contributed by atoms with Crippen molar-refractivity contribution in [1.29, 1.82) is 0 Å². The van der Waals surface area contributed by atoms with E-state index in [4.69, 9.17) is 11.6 Å². The minimum absolute atomic E-state index is 0.0902. The van der Waals surface area contributed by atoms with Crippen LogP contribution in [0.5, 0.6) is 0 Å². The van der Waals surface area contributed by atoms with Crippen LogP contribution in [0.4, 0.5) is 13.2 Å². The number of benzene rings is 1. The van der Waals surface area contributed by atoms with Gasteiger partial charge in [-0.05, 0) is 37.6 Å². The number of amides is 1. The quantitative estimate of drug-likeness (QED) is 0.782. The van der Waals surface area contributed by atoms with Gasteiger partial charge in [-0.3, -0.25) is 4.79 Å². The summed E-state index contributed by atoms with van der Waals surface area (Å²) in [6, 6.07) is 3.84. The lowest BCUT2D eigenvalue weighted by Crippen LogP contribution is -2.45. The molecule has 134 valence electrons. The fourth-order valence-corrected chi connectivity index (χ4v) is 3.59. The van der Waals surface area contributed by atoms with Gasteiger partial charge in [-0.15, -0.1) is 11.8 Å². The van der Waals surface area contributed by atoms with Gasteiger partial charge in [-0.1, -0.05) is 18.5 Å². The molecule has 0 radical (unpaired) electrons. The Labute approximate surface area is 148 Å². The molecule has 0 unspecified atom stereocenters. The number of hydrogen-bond donors (Lipinski definition) is 1. The lowest BCUT2D eigenvalue weighted by atomic mass is 10.1. The predicted molar refractivity (Wildman–Crippen MR) is 90.5 cm³/mol. The Bertz CT molecular complexity index is 575. The Morgan fingerprint density at radius 2 is 2.04 bits per heavy atom. The molecule has 1 aromatic rings. The molecule has 1 amide bonds. The summed E-state index contributed by atoms with van der Waals surface area (Å²) in [6.45, 7) is 5.03. The van der Waals surface area contributed by atoms with Crippen LogP contribution in [0.3, 0.4) is 0 Å². The van der Waals surface area contributed by atoms with Crippen molar-refractivity contribution in [1.82, 2.24) is 10.2 Å². The maximum Gasteiger partial charge on any atom is 0.417 e. The number of nitrogens with one attached hydrogen (secondary N) is 1. The molecule has 1 aliphatic heterocycles. The van der Waals surface area contributed by atoms with Gasteiger partial charge in [0, 0.05) is 24.0 Å². The number of piperidine rings is 1. The van der Waals surface area contributed by atoms with Crippen molar-refractivity contribution in [2.75, 3.05) is 25.4 Å². The van der Waals surface area contributed by atoms with Crippen molar-refractivity contribution in [3.63, 3.8) is 0 Å². The zero-order chi connectivity index (χ0) is 17.7. The molecule has 0 atom stereocenters. The van der Waals surface area contributed by atoms with Gasteiger partial charge < -0.3 is 10.2 Å². The Morgan fingerprint density at radius 1 is 1.38 bits per heavy atom. The lowest BCUT2D eigenvalue weighted by molar-refractivity contribution is -0.137. The van der Waals surface area contributed by atoms with Crippen LogP contribution >= 0.6 is 23.4 Å².